The maximum absolute atomic E-state index is 11.9. The first-order valence-electron chi connectivity index (χ1n) is 7.90. The number of allylic oxidation sites excluding steroid dienone is 1. The molecule has 116 valence electrons. The highest BCUT2D eigenvalue weighted by Gasteiger charge is 2.02. The Balaban J connectivity index is 2.15. The Hall–Kier alpha value is -1.77. The molecule has 0 bridgehead atoms. The van der Waals surface area contributed by atoms with Gasteiger partial charge in [-0.3, -0.25) is 4.79 Å². The quantitative estimate of drug-likeness (QED) is 0.632. The highest BCUT2D eigenvalue weighted by atomic mass is 16.1. The van der Waals surface area contributed by atoms with Crippen molar-refractivity contribution in [2.45, 2.75) is 51.9 Å². The number of rotatable bonds is 10. The Labute approximate surface area is 128 Å². The molecule has 0 unspecified atom stereocenters. The number of nitrogens with one attached hydrogen (secondary N) is 2. The Bertz CT molecular complexity index is 454. The van der Waals surface area contributed by atoms with Crippen LogP contribution in [0.25, 0.3) is 0 Å². The van der Waals surface area contributed by atoms with Gasteiger partial charge in [0.1, 0.15) is 0 Å². The average Bonchev–Trinajstić information content (AvgIpc) is 2.50. The van der Waals surface area contributed by atoms with Crippen molar-refractivity contribution in [3.63, 3.8) is 0 Å². The summed E-state index contributed by atoms with van der Waals surface area (Å²) in [5.41, 5.74) is 3.24. The van der Waals surface area contributed by atoms with Gasteiger partial charge >= 0.3 is 0 Å². The first kappa shape index (κ1) is 17.3. The number of carbonyl (C=O) groups is 1. The second-order valence-electron chi connectivity index (χ2n) is 5.37. The number of hydrogen-bond acceptors (Lipinski definition) is 2. The smallest absolute Gasteiger partial charge is 0.224 e. The molecule has 1 aromatic rings. The molecule has 21 heavy (non-hydrogen) atoms. The van der Waals surface area contributed by atoms with E-state index in [4.69, 9.17) is 0 Å². The van der Waals surface area contributed by atoms with Crippen LogP contribution >= 0.6 is 0 Å². The molecule has 0 heterocycles. The van der Waals surface area contributed by atoms with Gasteiger partial charge in [-0.15, -0.1) is 0 Å². The molecule has 0 aliphatic heterocycles. The predicted molar refractivity (Wildman–Crippen MR) is 90.4 cm³/mol. The second kappa shape index (κ2) is 10.0. The zero-order valence-corrected chi connectivity index (χ0v) is 13.4. The number of anilines is 1. The third kappa shape index (κ3) is 7.54. The maximum atomic E-state index is 11.9. The van der Waals surface area contributed by atoms with Crippen molar-refractivity contribution in [1.82, 2.24) is 5.32 Å². The summed E-state index contributed by atoms with van der Waals surface area (Å²) in [7, 11) is 1.90. The molecule has 0 aromatic heterocycles. The minimum absolute atomic E-state index is 0.114. The van der Waals surface area contributed by atoms with Crippen LogP contribution in [0.5, 0.6) is 0 Å². The van der Waals surface area contributed by atoms with Crippen LogP contribution in [0.1, 0.15) is 51.0 Å². The van der Waals surface area contributed by atoms with Gasteiger partial charge in [0, 0.05) is 24.9 Å². The third-order valence-corrected chi connectivity index (χ3v) is 3.60. The van der Waals surface area contributed by atoms with E-state index in [-0.39, 0.29) is 5.91 Å². The Morgan fingerprint density at radius 3 is 2.52 bits per heavy atom. The van der Waals surface area contributed by atoms with Gasteiger partial charge < -0.3 is 10.6 Å². The zero-order valence-electron chi connectivity index (χ0n) is 13.4. The lowest BCUT2D eigenvalue weighted by atomic mass is 10.1. The van der Waals surface area contributed by atoms with E-state index in [1.165, 1.54) is 5.56 Å². The lowest BCUT2D eigenvalue weighted by Crippen LogP contribution is -2.11. The van der Waals surface area contributed by atoms with Crippen LogP contribution in [0.15, 0.2) is 36.5 Å². The predicted octanol–water partition coefficient (Wildman–Crippen LogP) is 4.26. The van der Waals surface area contributed by atoms with Crippen molar-refractivity contribution in [2.75, 3.05) is 12.4 Å². The van der Waals surface area contributed by atoms with Gasteiger partial charge in [-0.1, -0.05) is 38.5 Å². The van der Waals surface area contributed by atoms with Gasteiger partial charge in [-0.25, -0.2) is 0 Å². The monoisotopic (exact) mass is 288 g/mol. The summed E-state index contributed by atoms with van der Waals surface area (Å²) in [6.07, 6.45) is 6.95. The van der Waals surface area contributed by atoms with E-state index in [1.54, 1.807) is 0 Å². The van der Waals surface area contributed by atoms with Crippen LogP contribution in [0.2, 0.25) is 0 Å². The van der Waals surface area contributed by atoms with Crippen LogP contribution in [-0.4, -0.2) is 13.0 Å². The van der Waals surface area contributed by atoms with Gasteiger partial charge in [0.25, 0.3) is 0 Å². The first-order valence-corrected chi connectivity index (χ1v) is 7.90. The summed E-state index contributed by atoms with van der Waals surface area (Å²) >= 11 is 0. The summed E-state index contributed by atoms with van der Waals surface area (Å²) in [4.78, 5) is 11.9. The van der Waals surface area contributed by atoms with Crippen molar-refractivity contribution < 1.29 is 4.79 Å². The SMILES string of the molecule is C=C(CCCCCCC(=O)Nc1cccc(CC)c1)NC. The molecule has 0 aliphatic rings. The minimum atomic E-state index is 0.114. The Morgan fingerprint density at radius 1 is 1.14 bits per heavy atom. The molecule has 1 amide bonds. The lowest BCUT2D eigenvalue weighted by Gasteiger charge is -2.07. The first-order chi connectivity index (χ1) is 10.2. The standard InChI is InChI=1S/C18H28N2O/c1-4-16-11-9-12-17(14-16)20-18(21)13-8-6-5-7-10-15(2)19-3/h9,11-12,14,19H,2,4-8,10,13H2,1,3H3,(H,20,21). The highest BCUT2D eigenvalue weighted by molar-refractivity contribution is 5.90. The summed E-state index contributed by atoms with van der Waals surface area (Å²) in [5, 5.41) is 6.02. The van der Waals surface area contributed by atoms with E-state index >= 15 is 0 Å². The molecular formula is C18H28N2O. The molecule has 2 N–H and O–H groups in total. The minimum Gasteiger partial charge on any atom is -0.392 e. The fraction of sp³-hybridized carbons (Fsp3) is 0.500. The van der Waals surface area contributed by atoms with E-state index in [0.29, 0.717) is 6.42 Å². The fourth-order valence-corrected chi connectivity index (χ4v) is 2.19. The molecule has 0 aliphatic carbocycles. The topological polar surface area (TPSA) is 41.1 Å². The van der Waals surface area contributed by atoms with E-state index in [9.17, 15) is 4.79 Å². The molecular weight excluding hydrogens is 260 g/mol. The summed E-state index contributed by atoms with van der Waals surface area (Å²) in [6.45, 7) is 6.02. The molecule has 1 aromatic carbocycles. The Kier molecular flexibility index (Phi) is 8.25. The summed E-state index contributed by atoms with van der Waals surface area (Å²) < 4.78 is 0. The average molecular weight is 288 g/mol. The van der Waals surface area contributed by atoms with Gasteiger partial charge in [0.15, 0.2) is 0 Å². The van der Waals surface area contributed by atoms with E-state index in [0.717, 1.165) is 49.9 Å². The zero-order chi connectivity index (χ0) is 15.5. The van der Waals surface area contributed by atoms with Crippen molar-refractivity contribution >= 4 is 11.6 Å². The number of benzene rings is 1. The third-order valence-electron chi connectivity index (χ3n) is 3.60. The van der Waals surface area contributed by atoms with E-state index in [2.05, 4.69) is 30.2 Å². The number of hydrogen-bond donors (Lipinski definition) is 2. The molecule has 1 rings (SSSR count). The number of carbonyl (C=O) groups excluding carboxylic acids is 1. The second-order valence-corrected chi connectivity index (χ2v) is 5.37. The van der Waals surface area contributed by atoms with E-state index < -0.39 is 0 Å². The van der Waals surface area contributed by atoms with E-state index in [1.807, 2.05) is 25.2 Å². The van der Waals surface area contributed by atoms with Crippen molar-refractivity contribution in [3.8, 4) is 0 Å². The molecule has 0 saturated heterocycles. The van der Waals surface area contributed by atoms with Gasteiger partial charge in [0.2, 0.25) is 5.91 Å². The van der Waals surface area contributed by atoms with Crippen LogP contribution < -0.4 is 10.6 Å². The summed E-state index contributed by atoms with van der Waals surface area (Å²) in [6, 6.07) is 8.05. The van der Waals surface area contributed by atoms with Crippen LogP contribution in [-0.2, 0) is 11.2 Å². The number of aryl methyl sites for hydroxylation is 1. The molecule has 0 radical (unpaired) electrons. The Morgan fingerprint density at radius 2 is 1.86 bits per heavy atom. The highest BCUT2D eigenvalue weighted by Crippen LogP contribution is 2.13. The molecule has 3 heteroatoms. The molecule has 0 saturated carbocycles. The van der Waals surface area contributed by atoms with Crippen LogP contribution in [0, 0.1) is 0 Å². The lowest BCUT2D eigenvalue weighted by molar-refractivity contribution is -0.116. The van der Waals surface area contributed by atoms with Gasteiger partial charge in [-0.05, 0) is 43.4 Å². The number of unbranched alkanes of at least 4 members (excludes halogenated alkanes) is 3. The normalized spacial score (nSPS) is 10.2. The van der Waals surface area contributed by atoms with Gasteiger partial charge in [0.05, 0.1) is 0 Å². The van der Waals surface area contributed by atoms with Crippen molar-refractivity contribution in [3.05, 3.63) is 42.1 Å². The molecule has 0 atom stereocenters. The van der Waals surface area contributed by atoms with Crippen molar-refractivity contribution in [1.29, 1.82) is 0 Å². The summed E-state index contributed by atoms with van der Waals surface area (Å²) in [5.74, 6) is 0.114. The van der Waals surface area contributed by atoms with Gasteiger partial charge in [-0.2, -0.15) is 0 Å². The largest absolute Gasteiger partial charge is 0.392 e. The molecule has 3 nitrogen and oxygen atoms in total. The fourth-order valence-electron chi connectivity index (χ4n) is 2.19. The van der Waals surface area contributed by atoms with Crippen LogP contribution in [0.4, 0.5) is 5.69 Å². The molecule has 0 fully saturated rings. The van der Waals surface area contributed by atoms with Crippen LogP contribution in [0.3, 0.4) is 0 Å². The number of amides is 1. The maximum Gasteiger partial charge on any atom is 0.224 e. The molecule has 0 spiro atoms. The van der Waals surface area contributed by atoms with Crippen molar-refractivity contribution in [2.24, 2.45) is 0 Å².